The van der Waals surface area contributed by atoms with E-state index in [9.17, 15) is 8.42 Å². The highest BCUT2D eigenvalue weighted by Gasteiger charge is 2.19. The Kier molecular flexibility index (Phi) is 4.26. The summed E-state index contributed by atoms with van der Waals surface area (Å²) < 4.78 is 24.0. The third kappa shape index (κ3) is 3.38. The monoisotopic (exact) mass is 274 g/mol. The minimum absolute atomic E-state index is 0.102. The van der Waals surface area contributed by atoms with Gasteiger partial charge in [0.15, 0.2) is 0 Å². The van der Waals surface area contributed by atoms with E-state index in [0.717, 1.165) is 11.5 Å². The van der Waals surface area contributed by atoms with Gasteiger partial charge in [0, 0.05) is 26.9 Å². The Hall–Kier alpha value is -1.24. The van der Waals surface area contributed by atoms with Crippen LogP contribution in [0.25, 0.3) is 0 Å². The van der Waals surface area contributed by atoms with E-state index in [4.69, 9.17) is 5.73 Å². The molecule has 0 aliphatic heterocycles. The second-order valence-corrected chi connectivity index (χ2v) is 7.21. The summed E-state index contributed by atoms with van der Waals surface area (Å²) in [7, 11) is 0.662. The van der Waals surface area contributed by atoms with Crippen LogP contribution in [0.15, 0.2) is 0 Å². The predicted octanol–water partition coefficient (Wildman–Crippen LogP) is 0.607. The fourth-order valence-corrected chi connectivity index (χ4v) is 2.45. The van der Waals surface area contributed by atoms with Crippen molar-refractivity contribution in [2.24, 2.45) is 7.05 Å². The lowest BCUT2D eigenvalue weighted by molar-refractivity contribution is 0.600. The highest BCUT2D eigenvalue weighted by molar-refractivity contribution is 7.90. The van der Waals surface area contributed by atoms with Crippen molar-refractivity contribution >= 4 is 21.3 Å². The molecule has 0 unspecified atom stereocenters. The quantitative estimate of drug-likeness (QED) is 0.850. The second kappa shape index (κ2) is 5.17. The first-order valence-corrected chi connectivity index (χ1v) is 7.90. The van der Waals surface area contributed by atoms with Crippen LogP contribution >= 0.6 is 0 Å². The van der Waals surface area contributed by atoms with Gasteiger partial charge in [-0.2, -0.15) is 5.10 Å². The van der Waals surface area contributed by atoms with Crippen LogP contribution in [0.2, 0.25) is 0 Å². The van der Waals surface area contributed by atoms with Crippen molar-refractivity contribution < 1.29 is 8.42 Å². The number of nitrogens with zero attached hydrogens (tertiary/aromatic N) is 3. The summed E-state index contributed by atoms with van der Waals surface area (Å²) in [6.45, 7) is 4.46. The average molecular weight is 274 g/mol. The molecule has 0 fully saturated rings. The normalized spacial score (nSPS) is 12.1. The minimum Gasteiger partial charge on any atom is -0.394 e. The average Bonchev–Trinajstić information content (AvgIpc) is 2.50. The van der Waals surface area contributed by atoms with E-state index in [2.05, 4.69) is 5.10 Å². The number of aryl methyl sites for hydroxylation is 1. The van der Waals surface area contributed by atoms with E-state index in [0.29, 0.717) is 12.2 Å². The van der Waals surface area contributed by atoms with Crippen molar-refractivity contribution in [2.75, 3.05) is 36.2 Å². The smallest absolute Gasteiger partial charge is 0.150 e. The molecule has 0 amide bonds. The summed E-state index contributed by atoms with van der Waals surface area (Å²) >= 11 is 0. The van der Waals surface area contributed by atoms with E-state index in [1.807, 2.05) is 32.8 Å². The highest BCUT2D eigenvalue weighted by Crippen LogP contribution is 2.29. The Bertz CT molecular complexity index is 519. The van der Waals surface area contributed by atoms with Crippen LogP contribution in [0.4, 0.5) is 11.5 Å². The summed E-state index contributed by atoms with van der Waals surface area (Å²) in [5, 5.41) is 4.38. The Balaban J connectivity index is 2.96. The van der Waals surface area contributed by atoms with Gasteiger partial charge in [-0.05, 0) is 5.92 Å². The van der Waals surface area contributed by atoms with Gasteiger partial charge >= 0.3 is 0 Å². The maximum absolute atomic E-state index is 11.2. The molecule has 7 heteroatoms. The van der Waals surface area contributed by atoms with Gasteiger partial charge in [-0.1, -0.05) is 13.8 Å². The lowest BCUT2D eigenvalue weighted by Crippen LogP contribution is -2.27. The van der Waals surface area contributed by atoms with Gasteiger partial charge in [0.1, 0.15) is 15.7 Å². The number of hydrogen-bond acceptors (Lipinski definition) is 5. The zero-order chi connectivity index (χ0) is 14.1. The molecule has 0 bridgehead atoms. The Morgan fingerprint density at radius 3 is 2.39 bits per heavy atom. The highest BCUT2D eigenvalue weighted by atomic mass is 32.2. The van der Waals surface area contributed by atoms with Crippen molar-refractivity contribution in [3.8, 4) is 0 Å². The molecule has 0 aromatic carbocycles. The summed E-state index contributed by atoms with van der Waals surface area (Å²) in [4.78, 5) is 1.83. The van der Waals surface area contributed by atoms with Gasteiger partial charge < -0.3 is 10.6 Å². The Labute approximate surface area is 109 Å². The minimum atomic E-state index is -2.97. The van der Waals surface area contributed by atoms with Crippen molar-refractivity contribution in [1.82, 2.24) is 9.78 Å². The molecule has 0 spiro atoms. The van der Waals surface area contributed by atoms with Crippen molar-refractivity contribution in [1.29, 1.82) is 0 Å². The molecule has 0 saturated carbocycles. The fourth-order valence-electron chi connectivity index (χ4n) is 1.84. The fraction of sp³-hybridized carbons (Fsp3) is 0.727. The van der Waals surface area contributed by atoms with Gasteiger partial charge in [-0.25, -0.2) is 8.42 Å². The maximum Gasteiger partial charge on any atom is 0.150 e. The van der Waals surface area contributed by atoms with E-state index in [-0.39, 0.29) is 11.7 Å². The third-order valence-electron chi connectivity index (χ3n) is 2.79. The zero-order valence-electron chi connectivity index (χ0n) is 11.6. The van der Waals surface area contributed by atoms with E-state index in [1.54, 1.807) is 4.68 Å². The molecular formula is C11H22N4O2S. The van der Waals surface area contributed by atoms with Crippen LogP contribution in [0, 0.1) is 0 Å². The molecule has 2 N–H and O–H groups in total. The molecule has 0 saturated heterocycles. The number of aromatic nitrogens is 2. The molecule has 1 heterocycles. The molecule has 6 nitrogen and oxygen atoms in total. The molecule has 1 rings (SSSR count). The lowest BCUT2D eigenvalue weighted by atomic mass is 10.1. The predicted molar refractivity (Wildman–Crippen MR) is 74.7 cm³/mol. The molecule has 1 aromatic heterocycles. The molecule has 0 radical (unpaired) electrons. The molecule has 0 atom stereocenters. The van der Waals surface area contributed by atoms with Crippen LogP contribution in [0.5, 0.6) is 0 Å². The third-order valence-corrected chi connectivity index (χ3v) is 3.71. The number of nitrogens with two attached hydrogens (primary N) is 1. The molecule has 1 aromatic rings. The molecule has 104 valence electrons. The van der Waals surface area contributed by atoms with Crippen LogP contribution in [-0.2, 0) is 16.9 Å². The summed E-state index contributed by atoms with van der Waals surface area (Å²) in [6, 6.07) is 0. The SMILES string of the molecule is CC(C)c1nn(C)c(N(C)CCS(C)(=O)=O)c1N. The first-order chi connectivity index (χ1) is 8.13. The summed E-state index contributed by atoms with van der Waals surface area (Å²) in [5.41, 5.74) is 7.55. The van der Waals surface area contributed by atoms with Crippen molar-refractivity contribution in [2.45, 2.75) is 19.8 Å². The largest absolute Gasteiger partial charge is 0.394 e. The number of sulfone groups is 1. The zero-order valence-corrected chi connectivity index (χ0v) is 12.5. The van der Waals surface area contributed by atoms with Crippen LogP contribution in [0.1, 0.15) is 25.5 Å². The topological polar surface area (TPSA) is 81.2 Å². The van der Waals surface area contributed by atoms with Crippen LogP contribution in [0.3, 0.4) is 0 Å². The molecular weight excluding hydrogens is 252 g/mol. The van der Waals surface area contributed by atoms with Gasteiger partial charge in [0.05, 0.1) is 17.1 Å². The number of nitrogen functional groups attached to an aromatic ring is 1. The van der Waals surface area contributed by atoms with E-state index in [1.165, 1.54) is 6.26 Å². The van der Waals surface area contributed by atoms with Crippen LogP contribution < -0.4 is 10.6 Å². The number of hydrogen-bond donors (Lipinski definition) is 1. The lowest BCUT2D eigenvalue weighted by Gasteiger charge is -2.19. The van der Waals surface area contributed by atoms with E-state index >= 15 is 0 Å². The van der Waals surface area contributed by atoms with Crippen LogP contribution in [-0.4, -0.2) is 43.8 Å². The van der Waals surface area contributed by atoms with Crippen molar-refractivity contribution in [3.05, 3.63) is 5.69 Å². The van der Waals surface area contributed by atoms with Gasteiger partial charge in [-0.3, -0.25) is 4.68 Å². The Morgan fingerprint density at radius 2 is 2.00 bits per heavy atom. The van der Waals surface area contributed by atoms with Crippen molar-refractivity contribution in [3.63, 3.8) is 0 Å². The number of anilines is 2. The summed E-state index contributed by atoms with van der Waals surface area (Å²) in [5.74, 6) is 1.11. The number of rotatable bonds is 5. The Morgan fingerprint density at radius 1 is 1.44 bits per heavy atom. The molecule has 0 aliphatic carbocycles. The first kappa shape index (κ1) is 14.8. The summed E-state index contributed by atoms with van der Waals surface area (Å²) in [6.07, 6.45) is 1.23. The second-order valence-electron chi connectivity index (χ2n) is 4.95. The van der Waals surface area contributed by atoms with Gasteiger partial charge in [0.25, 0.3) is 0 Å². The maximum atomic E-state index is 11.2. The molecule has 18 heavy (non-hydrogen) atoms. The standard InChI is InChI=1S/C11H22N4O2S/c1-8(2)10-9(12)11(15(4)13-10)14(3)6-7-18(5,16)17/h8H,6-7,12H2,1-5H3. The van der Waals surface area contributed by atoms with Gasteiger partial charge in [0.2, 0.25) is 0 Å². The van der Waals surface area contributed by atoms with E-state index < -0.39 is 9.84 Å². The molecule has 0 aliphatic rings. The first-order valence-electron chi connectivity index (χ1n) is 5.84. The van der Waals surface area contributed by atoms with Gasteiger partial charge in [-0.15, -0.1) is 0 Å².